The molecule has 104 valence electrons. The summed E-state index contributed by atoms with van der Waals surface area (Å²) in [6.07, 6.45) is 5.76. The average molecular weight is 261 g/mol. The van der Waals surface area contributed by atoms with Crippen LogP contribution in [0.15, 0.2) is 18.5 Å². The van der Waals surface area contributed by atoms with Gasteiger partial charge in [0.2, 0.25) is 0 Å². The molecule has 2 aromatic heterocycles. The van der Waals surface area contributed by atoms with Crippen LogP contribution in [-0.4, -0.2) is 27.7 Å². The zero-order chi connectivity index (χ0) is 13.9. The van der Waals surface area contributed by atoms with Gasteiger partial charge in [0.15, 0.2) is 5.82 Å². The molecule has 0 aromatic carbocycles. The first-order valence-electron chi connectivity index (χ1n) is 6.89. The molecule has 0 unspecified atom stereocenters. The Hall–Kier alpha value is -1.62. The molecule has 0 fully saturated rings. The quantitative estimate of drug-likeness (QED) is 0.836. The third kappa shape index (κ3) is 2.71. The predicted octanol–water partition coefficient (Wildman–Crippen LogP) is 2.21. The summed E-state index contributed by atoms with van der Waals surface area (Å²) in [5.74, 6) is 0.878. The lowest BCUT2D eigenvalue weighted by atomic mass is 9.82. The summed E-state index contributed by atoms with van der Waals surface area (Å²) in [4.78, 5) is 4.41. The highest BCUT2D eigenvalue weighted by Gasteiger charge is 2.24. The summed E-state index contributed by atoms with van der Waals surface area (Å²) >= 11 is 0. The Bertz CT molecular complexity index is 533. The molecule has 0 bridgehead atoms. The highest BCUT2D eigenvalue weighted by Crippen LogP contribution is 2.26. The van der Waals surface area contributed by atoms with Gasteiger partial charge in [-0.05, 0) is 37.8 Å². The van der Waals surface area contributed by atoms with Crippen LogP contribution in [0.2, 0.25) is 0 Å². The van der Waals surface area contributed by atoms with Gasteiger partial charge in [-0.15, -0.1) is 0 Å². The standard InChI is InChI=1S/C14H23N5/c1-4-14(5-2,9-15)10-17-13-12-8-11(3)18-19(12)7-6-16-13/h6-8H,4-5,9-10,15H2,1-3H3,(H,16,17). The largest absolute Gasteiger partial charge is 0.368 e. The molecule has 0 aliphatic heterocycles. The number of hydrogen-bond donors (Lipinski definition) is 2. The summed E-state index contributed by atoms with van der Waals surface area (Å²) in [6.45, 7) is 7.89. The second-order valence-corrected chi connectivity index (χ2v) is 5.16. The van der Waals surface area contributed by atoms with E-state index in [2.05, 4.69) is 29.2 Å². The Morgan fingerprint density at radius 3 is 2.74 bits per heavy atom. The lowest BCUT2D eigenvalue weighted by Crippen LogP contribution is -2.36. The molecule has 0 saturated carbocycles. The van der Waals surface area contributed by atoms with Crippen LogP contribution in [0, 0.1) is 12.3 Å². The first-order chi connectivity index (χ1) is 9.14. The zero-order valence-electron chi connectivity index (χ0n) is 12.0. The molecule has 0 amide bonds. The fourth-order valence-corrected chi connectivity index (χ4v) is 2.31. The molecule has 2 aromatic rings. The van der Waals surface area contributed by atoms with E-state index in [1.165, 1.54) is 0 Å². The monoisotopic (exact) mass is 261 g/mol. The van der Waals surface area contributed by atoms with Crippen molar-refractivity contribution in [2.45, 2.75) is 33.6 Å². The number of nitrogens with one attached hydrogen (secondary N) is 1. The minimum absolute atomic E-state index is 0.142. The van der Waals surface area contributed by atoms with E-state index in [-0.39, 0.29) is 5.41 Å². The highest BCUT2D eigenvalue weighted by molar-refractivity contribution is 5.67. The summed E-state index contributed by atoms with van der Waals surface area (Å²) in [5.41, 5.74) is 8.08. The van der Waals surface area contributed by atoms with Crippen LogP contribution in [-0.2, 0) is 0 Å². The number of aromatic nitrogens is 3. The predicted molar refractivity (Wildman–Crippen MR) is 78.3 cm³/mol. The van der Waals surface area contributed by atoms with Crippen LogP contribution in [0.4, 0.5) is 5.82 Å². The van der Waals surface area contributed by atoms with Crippen molar-refractivity contribution in [2.75, 3.05) is 18.4 Å². The molecule has 0 aliphatic rings. The first-order valence-corrected chi connectivity index (χ1v) is 6.89. The fraction of sp³-hybridized carbons (Fsp3) is 0.571. The van der Waals surface area contributed by atoms with Gasteiger partial charge >= 0.3 is 0 Å². The number of nitrogens with two attached hydrogens (primary N) is 1. The zero-order valence-corrected chi connectivity index (χ0v) is 12.0. The van der Waals surface area contributed by atoms with Gasteiger partial charge in [0.25, 0.3) is 0 Å². The normalized spacial score (nSPS) is 12.0. The lowest BCUT2D eigenvalue weighted by Gasteiger charge is -2.30. The molecule has 0 spiro atoms. The summed E-state index contributed by atoms with van der Waals surface area (Å²) in [6, 6.07) is 2.04. The van der Waals surface area contributed by atoms with E-state index in [0.717, 1.165) is 36.4 Å². The van der Waals surface area contributed by atoms with Gasteiger partial charge in [-0.1, -0.05) is 13.8 Å². The average Bonchev–Trinajstić information content (AvgIpc) is 2.82. The summed E-state index contributed by atoms with van der Waals surface area (Å²) in [7, 11) is 0. The Labute approximate surface area is 114 Å². The Kier molecular flexibility index (Phi) is 4.04. The van der Waals surface area contributed by atoms with E-state index in [1.807, 2.05) is 23.7 Å². The van der Waals surface area contributed by atoms with Crippen molar-refractivity contribution in [1.82, 2.24) is 14.6 Å². The van der Waals surface area contributed by atoms with Gasteiger partial charge in [0.1, 0.15) is 5.52 Å². The molecule has 2 rings (SSSR count). The second kappa shape index (κ2) is 5.57. The van der Waals surface area contributed by atoms with Crippen LogP contribution in [0.1, 0.15) is 32.4 Å². The van der Waals surface area contributed by atoms with Crippen LogP contribution in [0.25, 0.3) is 5.52 Å². The molecule has 5 heteroatoms. The third-order valence-corrected chi connectivity index (χ3v) is 4.08. The number of fused-ring (bicyclic) bond motifs is 1. The number of rotatable bonds is 6. The van der Waals surface area contributed by atoms with Crippen molar-refractivity contribution in [3.63, 3.8) is 0 Å². The molecule has 0 radical (unpaired) electrons. The topological polar surface area (TPSA) is 68.2 Å². The maximum atomic E-state index is 5.93. The highest BCUT2D eigenvalue weighted by atomic mass is 15.2. The van der Waals surface area contributed by atoms with E-state index in [1.54, 1.807) is 6.20 Å². The van der Waals surface area contributed by atoms with Gasteiger partial charge in [0, 0.05) is 18.9 Å². The lowest BCUT2D eigenvalue weighted by molar-refractivity contribution is 0.294. The minimum atomic E-state index is 0.142. The number of nitrogens with zero attached hydrogens (tertiary/aromatic N) is 3. The Morgan fingerprint density at radius 2 is 2.11 bits per heavy atom. The van der Waals surface area contributed by atoms with E-state index >= 15 is 0 Å². The molecule has 2 heterocycles. The van der Waals surface area contributed by atoms with Crippen molar-refractivity contribution >= 4 is 11.3 Å². The minimum Gasteiger partial charge on any atom is -0.368 e. The molecular formula is C14H23N5. The van der Waals surface area contributed by atoms with Crippen LogP contribution in [0.3, 0.4) is 0 Å². The van der Waals surface area contributed by atoms with Gasteiger partial charge in [-0.25, -0.2) is 9.50 Å². The Balaban J connectivity index is 2.22. The van der Waals surface area contributed by atoms with Crippen molar-refractivity contribution in [2.24, 2.45) is 11.1 Å². The summed E-state index contributed by atoms with van der Waals surface area (Å²) < 4.78 is 1.85. The van der Waals surface area contributed by atoms with Gasteiger partial charge in [-0.2, -0.15) is 5.10 Å². The number of aryl methyl sites for hydroxylation is 1. The molecule has 0 aliphatic carbocycles. The molecule has 5 nitrogen and oxygen atoms in total. The van der Waals surface area contributed by atoms with Crippen molar-refractivity contribution in [3.05, 3.63) is 24.2 Å². The molecule has 19 heavy (non-hydrogen) atoms. The molecule has 0 saturated heterocycles. The SMILES string of the molecule is CCC(CC)(CN)CNc1nccn2nc(C)cc12. The third-order valence-electron chi connectivity index (χ3n) is 4.08. The fourth-order valence-electron chi connectivity index (χ4n) is 2.31. The van der Waals surface area contributed by atoms with Gasteiger partial charge in [-0.3, -0.25) is 0 Å². The summed E-state index contributed by atoms with van der Waals surface area (Å²) in [5, 5.41) is 7.83. The van der Waals surface area contributed by atoms with Crippen molar-refractivity contribution < 1.29 is 0 Å². The molecule has 3 N–H and O–H groups in total. The van der Waals surface area contributed by atoms with Gasteiger partial charge < -0.3 is 11.1 Å². The Morgan fingerprint density at radius 1 is 1.37 bits per heavy atom. The molecule has 0 atom stereocenters. The van der Waals surface area contributed by atoms with Crippen molar-refractivity contribution in [3.8, 4) is 0 Å². The maximum Gasteiger partial charge on any atom is 0.152 e. The van der Waals surface area contributed by atoms with Crippen LogP contribution < -0.4 is 11.1 Å². The van der Waals surface area contributed by atoms with E-state index in [4.69, 9.17) is 5.73 Å². The van der Waals surface area contributed by atoms with Crippen LogP contribution >= 0.6 is 0 Å². The number of anilines is 1. The maximum absolute atomic E-state index is 5.93. The van der Waals surface area contributed by atoms with E-state index in [0.29, 0.717) is 6.54 Å². The smallest absolute Gasteiger partial charge is 0.152 e. The number of hydrogen-bond acceptors (Lipinski definition) is 4. The van der Waals surface area contributed by atoms with Crippen molar-refractivity contribution in [1.29, 1.82) is 0 Å². The molecular weight excluding hydrogens is 238 g/mol. The van der Waals surface area contributed by atoms with E-state index < -0.39 is 0 Å². The van der Waals surface area contributed by atoms with Gasteiger partial charge in [0.05, 0.1) is 5.69 Å². The van der Waals surface area contributed by atoms with E-state index in [9.17, 15) is 0 Å². The second-order valence-electron chi connectivity index (χ2n) is 5.16. The van der Waals surface area contributed by atoms with Crippen LogP contribution in [0.5, 0.6) is 0 Å². The first kappa shape index (κ1) is 13.8.